The van der Waals surface area contributed by atoms with Crippen LogP contribution in [0.2, 0.25) is 0 Å². The molecule has 120 valence electrons. The summed E-state index contributed by atoms with van der Waals surface area (Å²) >= 11 is 0. The molecule has 3 rings (SSSR count). The van der Waals surface area contributed by atoms with Gasteiger partial charge >= 0.3 is 0 Å². The monoisotopic (exact) mass is 319 g/mol. The van der Waals surface area contributed by atoms with Crippen molar-refractivity contribution in [2.75, 3.05) is 12.4 Å². The number of amides is 1. The minimum atomic E-state index is -0.222. The Morgan fingerprint density at radius 2 is 1.75 bits per heavy atom. The molecule has 0 saturated heterocycles. The molecule has 0 unspecified atom stereocenters. The number of rotatable bonds is 4. The average molecular weight is 319 g/mol. The van der Waals surface area contributed by atoms with E-state index in [0.717, 1.165) is 17.0 Å². The summed E-state index contributed by atoms with van der Waals surface area (Å²) in [4.78, 5) is 21.1. The van der Waals surface area contributed by atoms with Crippen molar-refractivity contribution >= 4 is 11.6 Å². The van der Waals surface area contributed by atoms with Crippen LogP contribution in [0.3, 0.4) is 0 Å². The second-order valence-electron chi connectivity index (χ2n) is 5.24. The lowest BCUT2D eigenvalue weighted by Crippen LogP contribution is -2.15. The summed E-state index contributed by atoms with van der Waals surface area (Å²) < 4.78 is 5.14. The Bertz CT molecular complexity index is 846. The number of anilines is 1. The van der Waals surface area contributed by atoms with Gasteiger partial charge in [0, 0.05) is 17.4 Å². The van der Waals surface area contributed by atoms with Crippen LogP contribution < -0.4 is 10.1 Å². The number of benzene rings is 2. The molecule has 1 aromatic heterocycles. The van der Waals surface area contributed by atoms with E-state index in [4.69, 9.17) is 4.74 Å². The Hall–Kier alpha value is -3.21. The second kappa shape index (κ2) is 6.91. The highest BCUT2D eigenvalue weighted by atomic mass is 16.5. The molecule has 0 aliphatic rings. The smallest absolute Gasteiger partial charge is 0.259 e. The largest absolute Gasteiger partial charge is 0.497 e. The van der Waals surface area contributed by atoms with Crippen molar-refractivity contribution in [3.63, 3.8) is 0 Å². The van der Waals surface area contributed by atoms with Gasteiger partial charge in [-0.3, -0.25) is 4.79 Å². The van der Waals surface area contributed by atoms with Gasteiger partial charge in [0.15, 0.2) is 5.82 Å². The van der Waals surface area contributed by atoms with Crippen LogP contribution in [0.25, 0.3) is 11.4 Å². The average Bonchev–Trinajstić information content (AvgIpc) is 2.62. The van der Waals surface area contributed by atoms with Crippen LogP contribution in [0.5, 0.6) is 5.75 Å². The predicted molar refractivity (Wildman–Crippen MR) is 93.2 cm³/mol. The van der Waals surface area contributed by atoms with Gasteiger partial charge in [0.1, 0.15) is 5.75 Å². The quantitative estimate of drug-likeness (QED) is 0.796. The first kappa shape index (κ1) is 15.7. The lowest BCUT2D eigenvalue weighted by atomic mass is 10.1. The number of carbonyl (C=O) groups is 1. The number of carbonyl (C=O) groups excluding carboxylic acids is 1. The van der Waals surface area contributed by atoms with Crippen molar-refractivity contribution in [3.05, 3.63) is 72.1 Å². The zero-order valence-electron chi connectivity index (χ0n) is 13.5. The molecule has 1 N–H and O–H groups in total. The molecular weight excluding hydrogens is 302 g/mol. The Morgan fingerprint density at radius 3 is 2.38 bits per heavy atom. The summed E-state index contributed by atoms with van der Waals surface area (Å²) in [7, 11) is 1.62. The fourth-order valence-electron chi connectivity index (χ4n) is 2.29. The number of aromatic nitrogens is 2. The standard InChI is InChI=1S/C19H17N3O2/c1-13-17(19(23)22-15-6-4-3-5-7-15)12-20-18(21-13)14-8-10-16(24-2)11-9-14/h3-12H,1-2H3,(H,22,23). The molecule has 0 spiro atoms. The van der Waals surface area contributed by atoms with E-state index in [2.05, 4.69) is 15.3 Å². The van der Waals surface area contributed by atoms with Crippen molar-refractivity contribution in [1.82, 2.24) is 9.97 Å². The molecule has 0 aliphatic carbocycles. The van der Waals surface area contributed by atoms with Crippen LogP contribution >= 0.6 is 0 Å². The van der Waals surface area contributed by atoms with E-state index >= 15 is 0 Å². The van der Waals surface area contributed by atoms with Crippen molar-refractivity contribution in [2.24, 2.45) is 0 Å². The molecule has 3 aromatic rings. The third-order valence-electron chi connectivity index (χ3n) is 3.60. The van der Waals surface area contributed by atoms with E-state index < -0.39 is 0 Å². The first-order chi connectivity index (χ1) is 11.7. The number of nitrogens with zero attached hydrogens (tertiary/aromatic N) is 2. The third kappa shape index (κ3) is 3.41. The predicted octanol–water partition coefficient (Wildman–Crippen LogP) is 3.71. The van der Waals surface area contributed by atoms with E-state index in [-0.39, 0.29) is 5.91 Å². The van der Waals surface area contributed by atoms with Gasteiger partial charge in [-0.1, -0.05) is 18.2 Å². The summed E-state index contributed by atoms with van der Waals surface area (Å²) in [5.41, 5.74) is 2.69. The Labute approximate surface area is 140 Å². The molecule has 0 fully saturated rings. The Morgan fingerprint density at radius 1 is 1.04 bits per heavy atom. The Kier molecular flexibility index (Phi) is 4.52. The maximum Gasteiger partial charge on any atom is 0.259 e. The minimum absolute atomic E-state index is 0.222. The normalized spacial score (nSPS) is 10.2. The third-order valence-corrected chi connectivity index (χ3v) is 3.60. The summed E-state index contributed by atoms with van der Waals surface area (Å²) in [6.45, 7) is 1.80. The molecule has 0 saturated carbocycles. The lowest BCUT2D eigenvalue weighted by molar-refractivity contribution is 0.102. The number of aryl methyl sites for hydroxylation is 1. The van der Waals surface area contributed by atoms with E-state index in [1.165, 1.54) is 0 Å². The summed E-state index contributed by atoms with van der Waals surface area (Å²) in [6, 6.07) is 16.8. The van der Waals surface area contributed by atoms with Gasteiger partial charge in [-0.25, -0.2) is 9.97 Å². The number of hydrogen-bond donors (Lipinski definition) is 1. The maximum atomic E-state index is 12.4. The molecule has 0 aliphatic heterocycles. The summed E-state index contributed by atoms with van der Waals surface area (Å²) in [6.07, 6.45) is 1.56. The molecule has 1 heterocycles. The van der Waals surface area contributed by atoms with Crippen LogP contribution in [0.1, 0.15) is 16.1 Å². The van der Waals surface area contributed by atoms with Crippen LogP contribution in [-0.4, -0.2) is 23.0 Å². The molecule has 1 amide bonds. The first-order valence-electron chi connectivity index (χ1n) is 7.52. The zero-order valence-corrected chi connectivity index (χ0v) is 13.5. The number of para-hydroxylation sites is 1. The fraction of sp³-hybridized carbons (Fsp3) is 0.105. The molecule has 0 radical (unpaired) electrons. The van der Waals surface area contributed by atoms with Gasteiger partial charge in [-0.15, -0.1) is 0 Å². The minimum Gasteiger partial charge on any atom is -0.497 e. The first-order valence-corrected chi connectivity index (χ1v) is 7.52. The van der Waals surface area contributed by atoms with Crippen LogP contribution in [0, 0.1) is 6.92 Å². The topological polar surface area (TPSA) is 64.1 Å². The summed E-state index contributed by atoms with van der Waals surface area (Å²) in [5.74, 6) is 1.13. The number of nitrogens with one attached hydrogen (secondary N) is 1. The number of hydrogen-bond acceptors (Lipinski definition) is 4. The van der Waals surface area contributed by atoms with Crippen molar-refractivity contribution in [2.45, 2.75) is 6.92 Å². The van der Waals surface area contributed by atoms with Crippen molar-refractivity contribution in [1.29, 1.82) is 0 Å². The molecule has 2 aromatic carbocycles. The highest BCUT2D eigenvalue weighted by Crippen LogP contribution is 2.20. The molecule has 0 atom stereocenters. The van der Waals surface area contributed by atoms with Gasteiger partial charge < -0.3 is 10.1 Å². The zero-order chi connectivity index (χ0) is 16.9. The van der Waals surface area contributed by atoms with Gasteiger partial charge in [-0.2, -0.15) is 0 Å². The van der Waals surface area contributed by atoms with E-state index in [0.29, 0.717) is 17.1 Å². The van der Waals surface area contributed by atoms with Crippen molar-refractivity contribution in [3.8, 4) is 17.1 Å². The molecule has 24 heavy (non-hydrogen) atoms. The number of methoxy groups -OCH3 is 1. The van der Waals surface area contributed by atoms with E-state index in [1.54, 1.807) is 20.2 Å². The molecular formula is C19H17N3O2. The van der Waals surface area contributed by atoms with Crippen LogP contribution in [0.4, 0.5) is 5.69 Å². The Balaban J connectivity index is 1.82. The number of ether oxygens (including phenoxy) is 1. The fourth-order valence-corrected chi connectivity index (χ4v) is 2.29. The van der Waals surface area contributed by atoms with E-state index in [1.807, 2.05) is 54.6 Å². The van der Waals surface area contributed by atoms with Gasteiger partial charge in [0.25, 0.3) is 5.91 Å². The van der Waals surface area contributed by atoms with Crippen LogP contribution in [-0.2, 0) is 0 Å². The summed E-state index contributed by atoms with van der Waals surface area (Å²) in [5, 5.41) is 2.84. The SMILES string of the molecule is COc1ccc(-c2ncc(C(=O)Nc3ccccc3)c(C)n2)cc1. The van der Waals surface area contributed by atoms with Gasteiger partial charge in [-0.05, 0) is 43.3 Å². The highest BCUT2D eigenvalue weighted by Gasteiger charge is 2.13. The highest BCUT2D eigenvalue weighted by molar-refractivity contribution is 6.04. The molecule has 0 bridgehead atoms. The van der Waals surface area contributed by atoms with Crippen LogP contribution in [0.15, 0.2) is 60.8 Å². The maximum absolute atomic E-state index is 12.4. The van der Waals surface area contributed by atoms with Gasteiger partial charge in [0.05, 0.1) is 18.4 Å². The van der Waals surface area contributed by atoms with Gasteiger partial charge in [0.2, 0.25) is 0 Å². The second-order valence-corrected chi connectivity index (χ2v) is 5.24. The van der Waals surface area contributed by atoms with Crippen molar-refractivity contribution < 1.29 is 9.53 Å². The molecule has 5 nitrogen and oxygen atoms in total. The molecule has 5 heteroatoms. The van der Waals surface area contributed by atoms with E-state index in [9.17, 15) is 4.79 Å². The lowest BCUT2D eigenvalue weighted by Gasteiger charge is -2.08.